The van der Waals surface area contributed by atoms with Gasteiger partial charge in [0.1, 0.15) is 12.2 Å². The molecule has 0 bridgehead atoms. The molecule has 254 valence electrons. The van der Waals surface area contributed by atoms with Crippen LogP contribution in [0.2, 0.25) is 0 Å². The maximum atomic E-state index is 12.6. The maximum Gasteiger partial charge on any atom is 0.306 e. The fraction of sp³-hybridized carbons (Fsp3) is 0.943. The van der Waals surface area contributed by atoms with Crippen molar-refractivity contribution in [1.29, 1.82) is 0 Å². The number of hydrogen-bond acceptors (Lipinski definition) is 8. The van der Waals surface area contributed by atoms with Crippen molar-refractivity contribution in [2.45, 2.75) is 208 Å². The molecule has 0 amide bonds. The second-order valence-corrected chi connectivity index (χ2v) is 15.0. The summed E-state index contributed by atoms with van der Waals surface area (Å²) in [4.78, 5) is 37.4. The molecule has 43 heavy (non-hydrogen) atoms. The van der Waals surface area contributed by atoms with Gasteiger partial charge in [-0.15, -0.1) is 0 Å². The molecule has 0 aromatic heterocycles. The second kappa shape index (κ2) is 18.7. The van der Waals surface area contributed by atoms with Gasteiger partial charge >= 0.3 is 11.9 Å². The van der Waals surface area contributed by atoms with Crippen LogP contribution in [0.4, 0.5) is 0 Å². The van der Waals surface area contributed by atoms with Crippen molar-refractivity contribution in [2.24, 2.45) is 0 Å². The Morgan fingerprint density at radius 3 is 1.81 bits per heavy atom. The first-order valence-electron chi connectivity index (χ1n) is 17.2. The predicted octanol–water partition coefficient (Wildman–Crippen LogP) is 8.55. The van der Waals surface area contributed by atoms with E-state index in [2.05, 4.69) is 60.5 Å². The highest BCUT2D eigenvalue weighted by molar-refractivity contribution is 5.69. The largest absolute Gasteiger partial charge is 0.462 e. The average Bonchev–Trinajstić information content (AvgIpc) is 2.85. The van der Waals surface area contributed by atoms with E-state index in [4.69, 9.17) is 19.1 Å². The number of ether oxygens (including phenoxy) is 2. The van der Waals surface area contributed by atoms with Crippen LogP contribution in [-0.4, -0.2) is 69.6 Å². The zero-order chi connectivity index (χ0) is 32.8. The van der Waals surface area contributed by atoms with E-state index >= 15 is 0 Å². The summed E-state index contributed by atoms with van der Waals surface area (Å²) in [5.74, 6) is -0.196. The van der Waals surface area contributed by atoms with Gasteiger partial charge in [0.2, 0.25) is 0 Å². The quantitative estimate of drug-likeness (QED) is 0.0725. The van der Waals surface area contributed by atoms with E-state index in [9.17, 15) is 9.59 Å². The Labute approximate surface area is 264 Å². The molecule has 1 unspecified atom stereocenters. The molecule has 0 spiro atoms. The molecule has 1 atom stereocenters. The van der Waals surface area contributed by atoms with Gasteiger partial charge in [-0.25, -0.2) is 0 Å². The van der Waals surface area contributed by atoms with E-state index in [1.807, 2.05) is 32.8 Å². The zero-order valence-electron chi connectivity index (χ0n) is 30.1. The summed E-state index contributed by atoms with van der Waals surface area (Å²) in [7, 11) is 0. The Morgan fingerprint density at radius 2 is 1.35 bits per heavy atom. The Bertz CT molecular complexity index is 792. The summed E-state index contributed by atoms with van der Waals surface area (Å²) in [6.45, 7) is 26.1. The molecule has 0 aliphatic carbocycles. The Kier molecular flexibility index (Phi) is 17.3. The molecule has 8 nitrogen and oxygen atoms in total. The van der Waals surface area contributed by atoms with E-state index in [1.165, 1.54) is 0 Å². The molecule has 1 fully saturated rings. The molecule has 0 aromatic rings. The standard InChI is InChI=1S/C35H68N2O6/c1-13-21-29(24-33(7,8)36(14-2)42-27(3)4)40-31(38)22-19-17-15-16-18-20-23-32(39)41-30-25-34(9,10)37(43-28(5)6)35(11,12)26-30/h27-30H,13-26H2,1-12H3. The first-order chi connectivity index (χ1) is 19.9. The minimum Gasteiger partial charge on any atom is -0.462 e. The maximum absolute atomic E-state index is 12.6. The summed E-state index contributed by atoms with van der Waals surface area (Å²) in [6.07, 6.45) is 10.8. The molecular formula is C35H68N2O6. The SMILES string of the molecule is CCCC(CC(C)(C)N(CC)OC(C)C)OC(=O)CCCCCCCCC(=O)OC1CC(C)(C)N(OC(C)C)C(C)(C)C1. The van der Waals surface area contributed by atoms with Gasteiger partial charge < -0.3 is 9.47 Å². The third kappa shape index (κ3) is 15.1. The molecule has 1 saturated heterocycles. The zero-order valence-corrected chi connectivity index (χ0v) is 30.1. The lowest BCUT2D eigenvalue weighted by molar-refractivity contribution is -0.309. The molecule has 1 rings (SSSR count). The molecule has 1 heterocycles. The lowest BCUT2D eigenvalue weighted by Crippen LogP contribution is -2.62. The lowest BCUT2D eigenvalue weighted by Gasteiger charge is -2.53. The highest BCUT2D eigenvalue weighted by atomic mass is 16.7. The van der Waals surface area contributed by atoms with E-state index in [-0.39, 0.29) is 53.0 Å². The number of nitrogens with zero attached hydrogens (tertiary/aromatic N) is 2. The normalized spacial score (nSPS) is 18.4. The van der Waals surface area contributed by atoms with Crippen molar-refractivity contribution in [3.63, 3.8) is 0 Å². The van der Waals surface area contributed by atoms with Gasteiger partial charge in [0.05, 0.1) is 12.2 Å². The molecule has 0 N–H and O–H groups in total. The number of carbonyl (C=O) groups is 2. The van der Waals surface area contributed by atoms with E-state index < -0.39 is 0 Å². The van der Waals surface area contributed by atoms with Gasteiger partial charge in [-0.1, -0.05) is 46.0 Å². The van der Waals surface area contributed by atoms with Crippen LogP contribution in [0.3, 0.4) is 0 Å². The fourth-order valence-corrected chi connectivity index (χ4v) is 6.57. The predicted molar refractivity (Wildman–Crippen MR) is 174 cm³/mol. The van der Waals surface area contributed by atoms with Crippen LogP contribution in [0, 0.1) is 0 Å². The Balaban J connectivity index is 2.30. The van der Waals surface area contributed by atoms with Crippen LogP contribution in [0.25, 0.3) is 0 Å². The summed E-state index contributed by atoms with van der Waals surface area (Å²) >= 11 is 0. The molecule has 8 heteroatoms. The smallest absolute Gasteiger partial charge is 0.306 e. The first kappa shape index (κ1) is 39.8. The minimum absolute atomic E-state index is 0.0915. The number of hydroxylamine groups is 4. The number of rotatable bonds is 21. The van der Waals surface area contributed by atoms with Crippen LogP contribution in [0.5, 0.6) is 0 Å². The topological polar surface area (TPSA) is 77.5 Å². The molecule has 0 aromatic carbocycles. The van der Waals surface area contributed by atoms with Crippen molar-refractivity contribution in [3.8, 4) is 0 Å². The number of esters is 2. The number of unbranched alkanes of at least 4 members (excludes halogenated alkanes) is 5. The number of hydrogen-bond donors (Lipinski definition) is 0. The van der Waals surface area contributed by atoms with Crippen molar-refractivity contribution in [1.82, 2.24) is 10.1 Å². The van der Waals surface area contributed by atoms with Gasteiger partial charge in [-0.05, 0) is 88.5 Å². The van der Waals surface area contributed by atoms with Crippen molar-refractivity contribution in [2.75, 3.05) is 6.54 Å². The lowest BCUT2D eigenvalue weighted by atomic mass is 9.80. The summed E-state index contributed by atoms with van der Waals surface area (Å²) in [5, 5.41) is 4.12. The van der Waals surface area contributed by atoms with E-state index in [1.54, 1.807) is 0 Å². The van der Waals surface area contributed by atoms with Crippen LogP contribution in [0.15, 0.2) is 0 Å². The third-order valence-corrected chi connectivity index (χ3v) is 8.12. The van der Waals surface area contributed by atoms with Crippen LogP contribution >= 0.6 is 0 Å². The van der Waals surface area contributed by atoms with E-state index in [0.29, 0.717) is 12.8 Å². The highest BCUT2D eigenvalue weighted by Gasteiger charge is 2.48. The van der Waals surface area contributed by atoms with Gasteiger partial charge in [0.15, 0.2) is 0 Å². The van der Waals surface area contributed by atoms with Gasteiger partial charge in [-0.2, -0.15) is 10.1 Å². The third-order valence-electron chi connectivity index (χ3n) is 8.12. The first-order valence-corrected chi connectivity index (χ1v) is 17.2. The van der Waals surface area contributed by atoms with Crippen LogP contribution < -0.4 is 0 Å². The average molecular weight is 613 g/mol. The van der Waals surface area contributed by atoms with Crippen molar-refractivity contribution < 1.29 is 28.7 Å². The molecule has 0 saturated carbocycles. The van der Waals surface area contributed by atoms with E-state index in [0.717, 1.165) is 77.2 Å². The number of carbonyl (C=O) groups excluding carboxylic acids is 2. The molecular weight excluding hydrogens is 544 g/mol. The van der Waals surface area contributed by atoms with Gasteiger partial charge in [0.25, 0.3) is 0 Å². The molecule has 1 aliphatic heterocycles. The molecule has 0 radical (unpaired) electrons. The van der Waals surface area contributed by atoms with Crippen molar-refractivity contribution >= 4 is 11.9 Å². The Hall–Kier alpha value is -1.22. The summed E-state index contributed by atoms with van der Waals surface area (Å²) in [6, 6.07) is 0. The van der Waals surface area contributed by atoms with Gasteiger partial charge in [-0.3, -0.25) is 19.3 Å². The second-order valence-electron chi connectivity index (χ2n) is 15.0. The van der Waals surface area contributed by atoms with Crippen molar-refractivity contribution in [3.05, 3.63) is 0 Å². The van der Waals surface area contributed by atoms with Crippen LogP contribution in [-0.2, 0) is 28.7 Å². The number of piperidine rings is 1. The Morgan fingerprint density at radius 1 is 0.837 bits per heavy atom. The minimum atomic E-state index is -0.223. The fourth-order valence-electron chi connectivity index (χ4n) is 6.57. The molecule has 1 aliphatic rings. The van der Waals surface area contributed by atoms with Gasteiger partial charge in [0, 0.05) is 55.3 Å². The summed E-state index contributed by atoms with van der Waals surface area (Å²) < 4.78 is 11.8. The summed E-state index contributed by atoms with van der Waals surface area (Å²) in [5.41, 5.74) is -0.649. The highest BCUT2D eigenvalue weighted by Crippen LogP contribution is 2.40. The monoisotopic (exact) mass is 613 g/mol. The van der Waals surface area contributed by atoms with Crippen LogP contribution in [0.1, 0.15) is 167 Å².